The van der Waals surface area contributed by atoms with Gasteiger partial charge in [0.05, 0.1) is 29.2 Å². The summed E-state index contributed by atoms with van der Waals surface area (Å²) >= 11 is 0. The van der Waals surface area contributed by atoms with E-state index < -0.39 is 0 Å². The standard InChI is InChI=1S/C16H19N3O/c1-2-3-4-5-6-13-11-19-15-8-7-12(10-17)9-14(15)18-16(19)20-13/h7-9,13H,2-6,11H2,1H3. The first kappa shape index (κ1) is 13.0. The Hall–Kier alpha value is -2.02. The van der Waals surface area contributed by atoms with Crippen LogP contribution in [0.1, 0.15) is 44.6 Å². The van der Waals surface area contributed by atoms with Gasteiger partial charge in [0.1, 0.15) is 6.10 Å². The third kappa shape index (κ3) is 2.36. The first-order chi connectivity index (χ1) is 9.81. The first-order valence-electron chi connectivity index (χ1n) is 7.39. The van der Waals surface area contributed by atoms with Crippen LogP contribution < -0.4 is 4.74 Å². The van der Waals surface area contributed by atoms with Crippen LogP contribution in [0.4, 0.5) is 0 Å². The summed E-state index contributed by atoms with van der Waals surface area (Å²) in [5, 5.41) is 8.91. The topological polar surface area (TPSA) is 50.8 Å². The number of hydrogen-bond acceptors (Lipinski definition) is 3. The van der Waals surface area contributed by atoms with E-state index in [-0.39, 0.29) is 6.10 Å². The van der Waals surface area contributed by atoms with Crippen LogP contribution in [-0.2, 0) is 6.54 Å². The van der Waals surface area contributed by atoms with Gasteiger partial charge in [0, 0.05) is 0 Å². The minimum atomic E-state index is 0.259. The lowest BCUT2D eigenvalue weighted by molar-refractivity contribution is 0.209. The van der Waals surface area contributed by atoms with Gasteiger partial charge < -0.3 is 4.74 Å². The fraction of sp³-hybridized carbons (Fsp3) is 0.500. The molecule has 0 amide bonds. The Labute approximate surface area is 119 Å². The molecule has 0 radical (unpaired) electrons. The molecule has 0 saturated heterocycles. The van der Waals surface area contributed by atoms with Gasteiger partial charge in [-0.25, -0.2) is 0 Å². The van der Waals surface area contributed by atoms with E-state index in [1.54, 1.807) is 0 Å². The number of ether oxygens (including phenoxy) is 1. The lowest BCUT2D eigenvalue weighted by atomic mass is 10.1. The van der Waals surface area contributed by atoms with Crippen LogP contribution in [0, 0.1) is 11.3 Å². The number of unbranched alkanes of at least 4 members (excludes halogenated alkanes) is 3. The summed E-state index contributed by atoms with van der Waals surface area (Å²) in [4.78, 5) is 4.49. The van der Waals surface area contributed by atoms with Crippen LogP contribution >= 0.6 is 0 Å². The van der Waals surface area contributed by atoms with E-state index in [1.807, 2.05) is 18.2 Å². The lowest BCUT2D eigenvalue weighted by Gasteiger charge is -2.08. The zero-order chi connectivity index (χ0) is 13.9. The summed E-state index contributed by atoms with van der Waals surface area (Å²) < 4.78 is 8.04. The highest BCUT2D eigenvalue weighted by Crippen LogP contribution is 2.29. The minimum absolute atomic E-state index is 0.259. The molecule has 4 heteroatoms. The van der Waals surface area contributed by atoms with Crippen LogP contribution in [0.3, 0.4) is 0 Å². The second kappa shape index (κ2) is 5.54. The average molecular weight is 269 g/mol. The van der Waals surface area contributed by atoms with Crippen LogP contribution in [0.5, 0.6) is 6.01 Å². The highest BCUT2D eigenvalue weighted by molar-refractivity contribution is 5.78. The van der Waals surface area contributed by atoms with E-state index in [0.29, 0.717) is 11.6 Å². The van der Waals surface area contributed by atoms with Crippen LogP contribution in [0.2, 0.25) is 0 Å². The smallest absolute Gasteiger partial charge is 0.297 e. The van der Waals surface area contributed by atoms with Crippen LogP contribution in [-0.4, -0.2) is 15.7 Å². The number of aromatic nitrogens is 2. The van der Waals surface area contributed by atoms with Gasteiger partial charge in [0.2, 0.25) is 0 Å². The summed E-state index contributed by atoms with van der Waals surface area (Å²) in [5.74, 6) is 0. The van der Waals surface area contributed by atoms with E-state index in [1.165, 1.54) is 25.7 Å². The molecule has 0 bridgehead atoms. The Morgan fingerprint density at radius 1 is 1.40 bits per heavy atom. The maximum atomic E-state index is 8.91. The largest absolute Gasteiger partial charge is 0.459 e. The number of fused-ring (bicyclic) bond motifs is 3. The molecule has 1 unspecified atom stereocenters. The Morgan fingerprint density at radius 2 is 2.30 bits per heavy atom. The van der Waals surface area contributed by atoms with E-state index >= 15 is 0 Å². The van der Waals surface area contributed by atoms with Crippen molar-refractivity contribution in [3.63, 3.8) is 0 Å². The van der Waals surface area contributed by atoms with Gasteiger partial charge in [-0.3, -0.25) is 4.57 Å². The Morgan fingerprint density at radius 3 is 3.10 bits per heavy atom. The third-order valence-electron chi connectivity index (χ3n) is 3.88. The molecule has 4 nitrogen and oxygen atoms in total. The van der Waals surface area contributed by atoms with Crippen molar-refractivity contribution in [3.8, 4) is 12.1 Å². The van der Waals surface area contributed by atoms with Crippen molar-refractivity contribution in [2.75, 3.05) is 0 Å². The van der Waals surface area contributed by atoms with Crippen molar-refractivity contribution < 1.29 is 4.74 Å². The molecule has 0 fully saturated rings. The summed E-state index contributed by atoms with van der Waals surface area (Å²) in [6.07, 6.45) is 6.43. The second-order valence-electron chi connectivity index (χ2n) is 5.41. The van der Waals surface area contributed by atoms with Crippen molar-refractivity contribution in [2.45, 2.75) is 51.7 Å². The van der Waals surface area contributed by atoms with E-state index in [2.05, 4.69) is 22.5 Å². The molecule has 1 aliphatic heterocycles. The molecule has 2 aromatic rings. The van der Waals surface area contributed by atoms with Crippen LogP contribution in [0.15, 0.2) is 18.2 Å². The van der Waals surface area contributed by atoms with E-state index in [0.717, 1.165) is 24.0 Å². The van der Waals surface area contributed by atoms with Crippen LogP contribution in [0.25, 0.3) is 11.0 Å². The van der Waals surface area contributed by atoms with Crippen molar-refractivity contribution in [1.82, 2.24) is 9.55 Å². The van der Waals surface area contributed by atoms with Gasteiger partial charge in [-0.05, 0) is 31.0 Å². The molecule has 1 atom stereocenters. The number of nitrogens with zero attached hydrogens (tertiary/aromatic N) is 3. The number of rotatable bonds is 5. The summed E-state index contributed by atoms with van der Waals surface area (Å²) in [7, 11) is 0. The number of imidazole rings is 1. The fourth-order valence-electron chi connectivity index (χ4n) is 2.78. The number of nitriles is 1. The summed E-state index contributed by atoms with van der Waals surface area (Å²) in [6.45, 7) is 3.10. The van der Waals surface area contributed by atoms with Gasteiger partial charge >= 0.3 is 0 Å². The average Bonchev–Trinajstić information content (AvgIpc) is 2.99. The zero-order valence-electron chi connectivity index (χ0n) is 11.8. The predicted octanol–water partition coefficient (Wildman–Crippen LogP) is 3.64. The highest BCUT2D eigenvalue weighted by Gasteiger charge is 2.25. The molecule has 0 saturated carbocycles. The normalized spacial score (nSPS) is 16.9. The summed E-state index contributed by atoms with van der Waals surface area (Å²) in [6, 6.07) is 8.47. The molecule has 0 N–H and O–H groups in total. The van der Waals surface area contributed by atoms with Gasteiger partial charge in [0.15, 0.2) is 0 Å². The van der Waals surface area contributed by atoms with Gasteiger partial charge in [-0.2, -0.15) is 10.2 Å². The molecule has 0 spiro atoms. The summed E-state index contributed by atoms with van der Waals surface area (Å²) in [5.41, 5.74) is 2.56. The molecule has 0 aliphatic carbocycles. The molecule has 1 aromatic carbocycles. The molecule has 20 heavy (non-hydrogen) atoms. The number of benzene rings is 1. The van der Waals surface area contributed by atoms with Crippen molar-refractivity contribution in [2.24, 2.45) is 0 Å². The Bertz CT molecular complexity index is 654. The fourth-order valence-corrected chi connectivity index (χ4v) is 2.78. The quantitative estimate of drug-likeness (QED) is 0.779. The maximum absolute atomic E-state index is 8.91. The zero-order valence-corrected chi connectivity index (χ0v) is 11.8. The molecule has 104 valence electrons. The first-order valence-corrected chi connectivity index (χ1v) is 7.39. The number of hydrogen-bond donors (Lipinski definition) is 0. The van der Waals surface area contributed by atoms with E-state index in [9.17, 15) is 0 Å². The third-order valence-corrected chi connectivity index (χ3v) is 3.88. The maximum Gasteiger partial charge on any atom is 0.297 e. The lowest BCUT2D eigenvalue weighted by Crippen LogP contribution is -2.14. The molecule has 1 aliphatic rings. The van der Waals surface area contributed by atoms with Crippen molar-refractivity contribution >= 4 is 11.0 Å². The molecule has 1 aromatic heterocycles. The SMILES string of the molecule is CCCCCCC1Cn2c(nc3cc(C#N)ccc32)O1. The molecule has 2 heterocycles. The molecule has 3 rings (SSSR count). The van der Waals surface area contributed by atoms with Gasteiger partial charge in [-0.15, -0.1) is 0 Å². The predicted molar refractivity (Wildman–Crippen MR) is 77.6 cm³/mol. The van der Waals surface area contributed by atoms with Crippen molar-refractivity contribution in [3.05, 3.63) is 23.8 Å². The van der Waals surface area contributed by atoms with Crippen molar-refractivity contribution in [1.29, 1.82) is 5.26 Å². The second-order valence-corrected chi connectivity index (χ2v) is 5.41. The van der Waals surface area contributed by atoms with E-state index in [4.69, 9.17) is 10.00 Å². The van der Waals surface area contributed by atoms with Gasteiger partial charge in [0.25, 0.3) is 6.01 Å². The monoisotopic (exact) mass is 269 g/mol. The Kier molecular flexibility index (Phi) is 3.60. The Balaban J connectivity index is 1.70. The molecular formula is C16H19N3O. The van der Waals surface area contributed by atoms with Gasteiger partial charge in [-0.1, -0.05) is 26.2 Å². The minimum Gasteiger partial charge on any atom is -0.459 e. The highest BCUT2D eigenvalue weighted by atomic mass is 16.5. The molecular weight excluding hydrogens is 250 g/mol.